The minimum atomic E-state index is -4.63. The Hall–Kier alpha value is -3.72. The van der Waals surface area contributed by atoms with E-state index >= 15 is 0 Å². The summed E-state index contributed by atoms with van der Waals surface area (Å²) >= 11 is 6.74. The number of carbonyl (C=O) groups excluding carboxylic acids is 1. The van der Waals surface area contributed by atoms with Gasteiger partial charge < -0.3 is 15.1 Å². The fourth-order valence-electron chi connectivity index (χ4n) is 5.34. The van der Waals surface area contributed by atoms with Crippen LogP contribution in [0.2, 0.25) is 5.02 Å². The van der Waals surface area contributed by atoms with Crippen molar-refractivity contribution in [1.82, 2.24) is 30.4 Å². The fraction of sp³-hybridized carbons (Fsp3) is 0.357. The standard InChI is InChI=1S/C28H29ClF5N7O2/c1-39-12-17(11-35-39)25-24(29)26(41(38-25)18-6-4-3-5-7-18)37-27(42)36-22-14-40(23(15-43-2)28(32,33)34)13-19(22)16-8-9-20(30)21(31)10-16/h3-10,12,19,22-23,35H,11,13-15H2,1-2H3,(H2,36,37,42)/t19-,22+,23+/m0/s1. The van der Waals surface area contributed by atoms with Gasteiger partial charge in [-0.15, -0.1) is 0 Å². The lowest BCUT2D eigenvalue weighted by Crippen LogP contribution is -2.49. The fourth-order valence-corrected chi connectivity index (χ4v) is 5.63. The van der Waals surface area contributed by atoms with Crippen molar-refractivity contribution in [2.24, 2.45) is 0 Å². The molecule has 3 N–H and O–H groups in total. The smallest absolute Gasteiger partial charge is 0.383 e. The highest BCUT2D eigenvalue weighted by atomic mass is 35.5. The topological polar surface area (TPSA) is 86.7 Å². The van der Waals surface area contributed by atoms with Gasteiger partial charge in [0, 0.05) is 51.5 Å². The number of rotatable bonds is 8. The summed E-state index contributed by atoms with van der Waals surface area (Å²) in [7, 11) is 2.97. The molecule has 15 heteroatoms. The summed E-state index contributed by atoms with van der Waals surface area (Å²) in [6.45, 7) is -0.609. The number of ether oxygens (including phenoxy) is 1. The summed E-state index contributed by atoms with van der Waals surface area (Å²) < 4.78 is 75.9. The van der Waals surface area contributed by atoms with Crippen LogP contribution in [0.4, 0.5) is 32.6 Å². The normalized spacial score (nSPS) is 19.9. The molecule has 2 aliphatic heterocycles. The number of hydrogen-bond donors (Lipinski definition) is 3. The summed E-state index contributed by atoms with van der Waals surface area (Å²) in [6.07, 6.45) is -2.82. The zero-order valence-electron chi connectivity index (χ0n) is 23.1. The molecule has 3 aromatic rings. The van der Waals surface area contributed by atoms with E-state index in [0.29, 0.717) is 17.9 Å². The van der Waals surface area contributed by atoms with Crippen molar-refractivity contribution in [1.29, 1.82) is 0 Å². The molecule has 0 aliphatic carbocycles. The zero-order valence-corrected chi connectivity index (χ0v) is 23.9. The molecule has 0 bridgehead atoms. The third kappa shape index (κ3) is 6.61. The first kappa shape index (κ1) is 30.7. The van der Waals surface area contributed by atoms with Gasteiger partial charge in [0.05, 0.1) is 18.3 Å². The molecule has 2 aromatic carbocycles. The van der Waals surface area contributed by atoms with Gasteiger partial charge >= 0.3 is 12.2 Å². The van der Waals surface area contributed by atoms with Crippen LogP contribution in [0, 0.1) is 11.6 Å². The number of amides is 2. The number of carbonyl (C=O) groups is 1. The lowest BCUT2D eigenvalue weighted by Gasteiger charge is -2.29. The van der Waals surface area contributed by atoms with Crippen LogP contribution in [-0.4, -0.2) is 84.4 Å². The number of methoxy groups -OCH3 is 1. The maximum Gasteiger partial charge on any atom is 0.406 e. The molecule has 9 nitrogen and oxygen atoms in total. The number of likely N-dealkylation sites (tertiary alicyclic amines) is 1. The first-order valence-corrected chi connectivity index (χ1v) is 13.7. The lowest BCUT2D eigenvalue weighted by molar-refractivity contribution is -0.192. The van der Waals surface area contributed by atoms with Gasteiger partial charge in [-0.25, -0.2) is 23.7 Å². The second kappa shape index (κ2) is 12.5. The van der Waals surface area contributed by atoms with E-state index in [9.17, 15) is 26.7 Å². The van der Waals surface area contributed by atoms with Gasteiger partial charge in [0.1, 0.15) is 16.8 Å². The van der Waals surface area contributed by atoms with E-state index in [1.165, 1.54) is 10.7 Å². The molecule has 1 saturated heterocycles. The van der Waals surface area contributed by atoms with Gasteiger partial charge in [0.2, 0.25) is 0 Å². The Morgan fingerprint density at radius 2 is 1.91 bits per heavy atom. The Morgan fingerprint density at radius 3 is 2.53 bits per heavy atom. The first-order chi connectivity index (χ1) is 20.5. The van der Waals surface area contributed by atoms with Crippen molar-refractivity contribution in [3.8, 4) is 5.69 Å². The minimum Gasteiger partial charge on any atom is -0.383 e. The van der Waals surface area contributed by atoms with Crippen molar-refractivity contribution >= 4 is 29.0 Å². The summed E-state index contributed by atoms with van der Waals surface area (Å²) in [6, 6.07) is 8.42. The van der Waals surface area contributed by atoms with Crippen LogP contribution in [0.25, 0.3) is 11.3 Å². The molecule has 1 aromatic heterocycles. The molecule has 5 rings (SSSR count). The van der Waals surface area contributed by atoms with Crippen LogP contribution in [0.5, 0.6) is 0 Å². The quantitative estimate of drug-likeness (QED) is 0.313. The van der Waals surface area contributed by atoms with E-state index in [-0.39, 0.29) is 29.5 Å². The number of urea groups is 1. The number of nitrogens with zero attached hydrogens (tertiary/aromatic N) is 4. The molecule has 230 valence electrons. The van der Waals surface area contributed by atoms with Crippen LogP contribution in [0.3, 0.4) is 0 Å². The van der Waals surface area contributed by atoms with Crippen LogP contribution >= 0.6 is 11.6 Å². The molecule has 1 fully saturated rings. The van der Waals surface area contributed by atoms with Gasteiger partial charge in [-0.3, -0.25) is 10.2 Å². The predicted molar refractivity (Wildman–Crippen MR) is 151 cm³/mol. The number of hydrazine groups is 1. The van der Waals surface area contributed by atoms with Crippen molar-refractivity contribution in [2.75, 3.05) is 45.7 Å². The number of benzene rings is 2. The largest absolute Gasteiger partial charge is 0.406 e. The van der Waals surface area contributed by atoms with Gasteiger partial charge in [-0.2, -0.15) is 18.3 Å². The van der Waals surface area contributed by atoms with E-state index in [2.05, 4.69) is 21.2 Å². The monoisotopic (exact) mass is 625 g/mol. The molecule has 0 saturated carbocycles. The van der Waals surface area contributed by atoms with E-state index in [1.807, 2.05) is 19.3 Å². The molecule has 43 heavy (non-hydrogen) atoms. The molecule has 0 unspecified atom stereocenters. The highest BCUT2D eigenvalue weighted by molar-refractivity contribution is 6.35. The van der Waals surface area contributed by atoms with Crippen molar-refractivity contribution < 1.29 is 31.5 Å². The molecule has 0 radical (unpaired) electrons. The Morgan fingerprint density at radius 1 is 1.16 bits per heavy atom. The number of para-hydroxylation sites is 1. The van der Waals surface area contributed by atoms with E-state index in [1.54, 1.807) is 29.3 Å². The van der Waals surface area contributed by atoms with Crippen molar-refractivity contribution in [2.45, 2.75) is 24.2 Å². The number of anilines is 1. The summed E-state index contributed by atoms with van der Waals surface area (Å²) in [5, 5.41) is 12.0. The molecular formula is C28H29ClF5N7O2. The van der Waals surface area contributed by atoms with Gasteiger partial charge in [-0.05, 0) is 29.8 Å². The Kier molecular flexibility index (Phi) is 8.92. The number of hydrogen-bond acceptors (Lipinski definition) is 6. The number of aromatic nitrogens is 2. The second-order valence-corrected chi connectivity index (χ2v) is 10.7. The molecular weight excluding hydrogens is 597 g/mol. The zero-order chi connectivity index (χ0) is 30.9. The molecule has 2 amide bonds. The summed E-state index contributed by atoms with van der Waals surface area (Å²) in [4.78, 5) is 14.5. The second-order valence-electron chi connectivity index (χ2n) is 10.3. The third-order valence-corrected chi connectivity index (χ3v) is 7.77. The Bertz CT molecular complexity index is 1500. The highest BCUT2D eigenvalue weighted by Crippen LogP contribution is 2.36. The van der Waals surface area contributed by atoms with Crippen LogP contribution < -0.4 is 16.1 Å². The maximum atomic E-state index is 14.2. The van der Waals surface area contributed by atoms with E-state index in [4.69, 9.17) is 16.3 Å². The number of nitrogens with one attached hydrogen (secondary N) is 3. The summed E-state index contributed by atoms with van der Waals surface area (Å²) in [5.41, 5.74) is 5.14. The van der Waals surface area contributed by atoms with Gasteiger partial charge in [0.25, 0.3) is 0 Å². The molecule has 0 spiro atoms. The maximum absolute atomic E-state index is 14.2. The van der Waals surface area contributed by atoms with Crippen molar-refractivity contribution in [3.63, 3.8) is 0 Å². The van der Waals surface area contributed by atoms with Crippen molar-refractivity contribution in [3.05, 3.63) is 82.6 Å². The third-order valence-electron chi connectivity index (χ3n) is 7.41. The van der Waals surface area contributed by atoms with Gasteiger partial charge in [-0.1, -0.05) is 35.9 Å². The average Bonchev–Trinajstić information content (AvgIpc) is 3.66. The molecule has 2 aliphatic rings. The van der Waals surface area contributed by atoms with Crippen LogP contribution in [-0.2, 0) is 4.74 Å². The number of alkyl halides is 3. The molecule has 3 atom stereocenters. The van der Waals surface area contributed by atoms with Crippen LogP contribution in [0.1, 0.15) is 17.2 Å². The van der Waals surface area contributed by atoms with Gasteiger partial charge in [0.15, 0.2) is 17.5 Å². The average molecular weight is 626 g/mol. The van der Waals surface area contributed by atoms with E-state index < -0.39 is 48.5 Å². The first-order valence-electron chi connectivity index (χ1n) is 13.3. The molecule has 3 heterocycles. The Balaban J connectivity index is 1.44. The minimum absolute atomic E-state index is 0.141. The SMILES string of the molecule is COC[C@@H](N1C[C@@H](NC(=O)Nc2c(Cl)c(C3=CN(C)NC3)nn2-c2ccccc2)[C@H](c2ccc(F)c(F)c2)C1)C(F)(F)F. The summed E-state index contributed by atoms with van der Waals surface area (Å²) in [5.74, 6) is -2.89. The number of halogens is 6. The van der Waals surface area contributed by atoms with E-state index in [0.717, 1.165) is 29.7 Å². The predicted octanol–water partition coefficient (Wildman–Crippen LogP) is 4.76. The highest BCUT2D eigenvalue weighted by Gasteiger charge is 2.48. The Labute approximate surface area is 249 Å². The lowest BCUT2D eigenvalue weighted by atomic mass is 9.94. The van der Waals surface area contributed by atoms with Crippen LogP contribution in [0.15, 0.2) is 54.7 Å².